The summed E-state index contributed by atoms with van der Waals surface area (Å²) >= 11 is 5.97. The Kier molecular flexibility index (Phi) is 5.90. The van der Waals surface area contributed by atoms with Crippen LogP contribution in [0.1, 0.15) is 31.1 Å². The van der Waals surface area contributed by atoms with Crippen molar-refractivity contribution in [3.05, 3.63) is 94.3 Å². The zero-order valence-corrected chi connectivity index (χ0v) is 15.5. The fourth-order valence-corrected chi connectivity index (χ4v) is 2.79. The van der Waals surface area contributed by atoms with Gasteiger partial charge in [-0.3, -0.25) is 9.59 Å². The van der Waals surface area contributed by atoms with Crippen LogP contribution in [0.3, 0.4) is 0 Å². The molecule has 3 N–H and O–H groups in total. The molecule has 0 saturated heterocycles. The van der Waals surface area contributed by atoms with Crippen LogP contribution in [0.25, 0.3) is 0 Å². The van der Waals surface area contributed by atoms with Crippen LogP contribution in [0.5, 0.6) is 0 Å². The summed E-state index contributed by atoms with van der Waals surface area (Å²) in [7, 11) is 0. The first-order valence-corrected chi connectivity index (χ1v) is 8.73. The van der Waals surface area contributed by atoms with E-state index >= 15 is 0 Å². The summed E-state index contributed by atoms with van der Waals surface area (Å²) in [5.41, 5.74) is -0.122. The zero-order valence-electron chi connectivity index (χ0n) is 14.8. The van der Waals surface area contributed by atoms with Crippen LogP contribution in [0.15, 0.2) is 66.7 Å². The van der Waals surface area contributed by atoms with E-state index in [-0.39, 0.29) is 33.1 Å². The molecule has 0 radical (unpaired) electrons. The van der Waals surface area contributed by atoms with Gasteiger partial charge in [-0.25, -0.2) is 9.18 Å². The predicted octanol–water partition coefficient (Wildman–Crippen LogP) is 4.68. The maximum absolute atomic E-state index is 13.9. The van der Waals surface area contributed by atoms with E-state index in [0.29, 0.717) is 0 Å². The number of anilines is 2. The molecule has 0 aliphatic rings. The molecule has 146 valence electrons. The molecule has 3 rings (SSSR count). The van der Waals surface area contributed by atoms with E-state index in [0.717, 1.165) is 6.07 Å². The van der Waals surface area contributed by atoms with Crippen molar-refractivity contribution in [2.45, 2.75) is 0 Å². The van der Waals surface area contributed by atoms with E-state index in [1.165, 1.54) is 54.6 Å². The molecule has 29 heavy (non-hydrogen) atoms. The SMILES string of the molecule is O=C(Nc1cc(Cl)ccc1C(=O)Nc1ccccc1C(=O)O)c1ccccc1F. The first-order valence-electron chi connectivity index (χ1n) is 8.36. The molecular formula is C21H14ClFN2O4. The van der Waals surface area contributed by atoms with Gasteiger partial charge in [0.2, 0.25) is 0 Å². The lowest BCUT2D eigenvalue weighted by atomic mass is 10.1. The molecule has 0 aromatic heterocycles. The topological polar surface area (TPSA) is 95.5 Å². The number of benzene rings is 3. The number of carboxylic acids is 1. The van der Waals surface area contributed by atoms with Gasteiger partial charge in [-0.1, -0.05) is 35.9 Å². The van der Waals surface area contributed by atoms with Gasteiger partial charge in [0.05, 0.1) is 28.1 Å². The summed E-state index contributed by atoms with van der Waals surface area (Å²) in [4.78, 5) is 36.5. The second kappa shape index (κ2) is 8.53. The summed E-state index contributed by atoms with van der Waals surface area (Å²) < 4.78 is 13.9. The number of hydrogen-bond donors (Lipinski definition) is 3. The van der Waals surface area contributed by atoms with Crippen LogP contribution >= 0.6 is 11.6 Å². The molecule has 0 unspecified atom stereocenters. The van der Waals surface area contributed by atoms with Crippen molar-refractivity contribution in [3.63, 3.8) is 0 Å². The van der Waals surface area contributed by atoms with Gasteiger partial charge >= 0.3 is 5.97 Å². The number of nitrogens with one attached hydrogen (secondary N) is 2. The molecule has 6 nitrogen and oxygen atoms in total. The monoisotopic (exact) mass is 412 g/mol. The normalized spacial score (nSPS) is 10.3. The predicted molar refractivity (Wildman–Crippen MR) is 107 cm³/mol. The van der Waals surface area contributed by atoms with Crippen LogP contribution in [0.4, 0.5) is 15.8 Å². The molecule has 0 heterocycles. The highest BCUT2D eigenvalue weighted by Gasteiger charge is 2.19. The second-order valence-electron chi connectivity index (χ2n) is 5.93. The number of halogens is 2. The molecule has 3 aromatic carbocycles. The molecule has 3 aromatic rings. The van der Waals surface area contributed by atoms with Crippen molar-refractivity contribution in [2.24, 2.45) is 0 Å². The summed E-state index contributed by atoms with van der Waals surface area (Å²) in [5.74, 6) is -3.34. The highest BCUT2D eigenvalue weighted by atomic mass is 35.5. The number of carbonyl (C=O) groups is 3. The molecule has 8 heteroatoms. The molecule has 0 aliphatic carbocycles. The Balaban J connectivity index is 1.91. The number of rotatable bonds is 5. The Bertz CT molecular complexity index is 1120. The summed E-state index contributed by atoms with van der Waals surface area (Å²) in [6.45, 7) is 0. The van der Waals surface area contributed by atoms with Crippen molar-refractivity contribution in [1.29, 1.82) is 0 Å². The van der Waals surface area contributed by atoms with Crippen LogP contribution in [-0.2, 0) is 0 Å². The maximum Gasteiger partial charge on any atom is 0.337 e. The maximum atomic E-state index is 13.9. The Morgan fingerprint density at radius 3 is 2.03 bits per heavy atom. The quantitative estimate of drug-likeness (QED) is 0.567. The molecule has 0 fully saturated rings. The molecule has 0 spiro atoms. The number of hydrogen-bond acceptors (Lipinski definition) is 3. The fraction of sp³-hybridized carbons (Fsp3) is 0. The largest absolute Gasteiger partial charge is 0.478 e. The smallest absolute Gasteiger partial charge is 0.337 e. The van der Waals surface area contributed by atoms with Gasteiger partial charge in [0.25, 0.3) is 11.8 Å². The van der Waals surface area contributed by atoms with Crippen LogP contribution in [0.2, 0.25) is 5.02 Å². The van der Waals surface area contributed by atoms with Crippen molar-refractivity contribution in [1.82, 2.24) is 0 Å². The molecule has 0 saturated carbocycles. The van der Waals surface area contributed by atoms with E-state index in [1.54, 1.807) is 6.07 Å². The van der Waals surface area contributed by atoms with Gasteiger partial charge < -0.3 is 15.7 Å². The van der Waals surface area contributed by atoms with Gasteiger partial charge in [0.1, 0.15) is 5.82 Å². The molecular weight excluding hydrogens is 399 g/mol. The minimum absolute atomic E-state index is 0.0271. The Hall–Kier alpha value is -3.71. The molecule has 0 atom stereocenters. The van der Waals surface area contributed by atoms with Gasteiger partial charge in [-0.2, -0.15) is 0 Å². The number of para-hydroxylation sites is 1. The van der Waals surface area contributed by atoms with E-state index in [1.807, 2.05) is 0 Å². The first-order chi connectivity index (χ1) is 13.9. The van der Waals surface area contributed by atoms with Crippen molar-refractivity contribution in [2.75, 3.05) is 10.6 Å². The summed E-state index contributed by atoms with van der Waals surface area (Å²) in [6, 6.07) is 15.5. The lowest BCUT2D eigenvalue weighted by molar-refractivity contribution is 0.0697. The summed E-state index contributed by atoms with van der Waals surface area (Å²) in [5, 5.41) is 14.5. The molecule has 0 aliphatic heterocycles. The van der Waals surface area contributed by atoms with Gasteiger partial charge in [-0.15, -0.1) is 0 Å². The van der Waals surface area contributed by atoms with E-state index in [9.17, 15) is 23.9 Å². The highest BCUT2D eigenvalue weighted by molar-refractivity contribution is 6.31. The average molecular weight is 413 g/mol. The third-order valence-corrected chi connectivity index (χ3v) is 4.23. The molecule has 2 amide bonds. The Morgan fingerprint density at radius 2 is 1.34 bits per heavy atom. The number of amides is 2. The fourth-order valence-electron chi connectivity index (χ4n) is 2.62. The van der Waals surface area contributed by atoms with Crippen molar-refractivity contribution >= 4 is 40.8 Å². The minimum atomic E-state index is -1.20. The third-order valence-electron chi connectivity index (χ3n) is 4.00. The van der Waals surface area contributed by atoms with Crippen LogP contribution < -0.4 is 10.6 Å². The number of carboxylic acid groups (broad SMARTS) is 1. The van der Waals surface area contributed by atoms with Crippen molar-refractivity contribution < 1.29 is 23.9 Å². The van der Waals surface area contributed by atoms with Gasteiger partial charge in [0.15, 0.2) is 0 Å². The van der Waals surface area contributed by atoms with Gasteiger partial charge in [0, 0.05) is 5.02 Å². The minimum Gasteiger partial charge on any atom is -0.478 e. The first kappa shape index (κ1) is 20.0. The highest BCUT2D eigenvalue weighted by Crippen LogP contribution is 2.24. The average Bonchev–Trinajstić information content (AvgIpc) is 2.68. The standard InChI is InChI=1S/C21H14ClFN2O4/c22-12-9-10-14(20(27)24-17-8-4-2-6-15(17)21(28)29)18(11-12)25-19(26)13-5-1-3-7-16(13)23/h1-11H,(H,24,27)(H,25,26)(H,28,29). The third kappa shape index (κ3) is 4.59. The molecule has 0 bridgehead atoms. The van der Waals surface area contributed by atoms with Crippen LogP contribution in [-0.4, -0.2) is 22.9 Å². The summed E-state index contributed by atoms with van der Waals surface area (Å²) in [6.07, 6.45) is 0. The van der Waals surface area contributed by atoms with E-state index < -0.39 is 23.6 Å². The van der Waals surface area contributed by atoms with Crippen molar-refractivity contribution in [3.8, 4) is 0 Å². The van der Waals surface area contributed by atoms with Crippen LogP contribution in [0, 0.1) is 5.82 Å². The Morgan fingerprint density at radius 1 is 0.759 bits per heavy atom. The number of carbonyl (C=O) groups excluding carboxylic acids is 2. The lowest BCUT2D eigenvalue weighted by Crippen LogP contribution is -2.20. The Labute approximate surface area is 169 Å². The zero-order chi connectivity index (χ0) is 21.0. The van der Waals surface area contributed by atoms with Gasteiger partial charge in [-0.05, 0) is 42.5 Å². The number of aromatic carboxylic acids is 1. The second-order valence-corrected chi connectivity index (χ2v) is 6.37. The van der Waals surface area contributed by atoms with E-state index in [2.05, 4.69) is 10.6 Å². The van der Waals surface area contributed by atoms with E-state index in [4.69, 9.17) is 11.6 Å². The lowest BCUT2D eigenvalue weighted by Gasteiger charge is -2.13.